The minimum absolute atomic E-state index is 0.439. The van der Waals surface area contributed by atoms with Gasteiger partial charge < -0.3 is 10.1 Å². The molecule has 1 aromatic heterocycles. The maximum absolute atomic E-state index is 5.79. The zero-order valence-corrected chi connectivity index (χ0v) is 12.3. The van der Waals surface area contributed by atoms with Gasteiger partial charge in [-0.1, -0.05) is 26.0 Å². The van der Waals surface area contributed by atoms with Gasteiger partial charge in [0.1, 0.15) is 18.7 Å². The fourth-order valence-electron chi connectivity index (χ4n) is 1.88. The van der Waals surface area contributed by atoms with Crippen molar-refractivity contribution in [3.8, 4) is 5.75 Å². The van der Waals surface area contributed by atoms with Gasteiger partial charge in [-0.05, 0) is 24.6 Å². The summed E-state index contributed by atoms with van der Waals surface area (Å²) in [6.07, 6.45) is 1.56. The highest BCUT2D eigenvalue weighted by Gasteiger charge is 2.04. The van der Waals surface area contributed by atoms with Crippen LogP contribution in [0.25, 0.3) is 0 Å². The number of nitrogens with one attached hydrogen (secondary N) is 1. The lowest BCUT2D eigenvalue weighted by molar-refractivity contribution is 0.287. The smallest absolute Gasteiger partial charge is 0.164 e. The molecular formula is C15H22N4O. The largest absolute Gasteiger partial charge is 0.486 e. The maximum atomic E-state index is 5.79. The molecule has 1 heterocycles. The van der Waals surface area contributed by atoms with Crippen molar-refractivity contribution in [3.05, 3.63) is 42.0 Å². The molecule has 0 saturated heterocycles. The molecule has 0 saturated carbocycles. The molecule has 0 aliphatic carbocycles. The zero-order valence-electron chi connectivity index (χ0n) is 12.3. The number of rotatable bonds is 7. The Kier molecular flexibility index (Phi) is 5.12. The van der Waals surface area contributed by atoms with Crippen molar-refractivity contribution in [1.29, 1.82) is 0 Å². The summed E-state index contributed by atoms with van der Waals surface area (Å²) in [5.74, 6) is 1.71. The normalized spacial score (nSPS) is 11.0. The van der Waals surface area contributed by atoms with Crippen molar-refractivity contribution < 1.29 is 4.74 Å². The van der Waals surface area contributed by atoms with Crippen molar-refractivity contribution in [2.45, 2.75) is 46.5 Å². The summed E-state index contributed by atoms with van der Waals surface area (Å²) in [5.41, 5.74) is 1.22. The fourth-order valence-corrected chi connectivity index (χ4v) is 1.88. The Morgan fingerprint density at radius 1 is 1.35 bits per heavy atom. The highest BCUT2D eigenvalue weighted by molar-refractivity contribution is 5.28. The van der Waals surface area contributed by atoms with E-state index in [-0.39, 0.29) is 0 Å². The molecule has 1 aromatic carbocycles. The quantitative estimate of drug-likeness (QED) is 0.842. The van der Waals surface area contributed by atoms with Crippen LogP contribution in [0.1, 0.15) is 32.2 Å². The summed E-state index contributed by atoms with van der Waals surface area (Å²) in [6, 6.07) is 8.60. The van der Waals surface area contributed by atoms with E-state index in [0.717, 1.165) is 24.7 Å². The molecule has 108 valence electrons. The predicted octanol–water partition coefficient (Wildman–Crippen LogP) is 2.38. The van der Waals surface area contributed by atoms with Gasteiger partial charge in [0, 0.05) is 19.1 Å². The monoisotopic (exact) mass is 274 g/mol. The van der Waals surface area contributed by atoms with Crippen molar-refractivity contribution in [2.75, 3.05) is 0 Å². The minimum Gasteiger partial charge on any atom is -0.486 e. The van der Waals surface area contributed by atoms with Crippen molar-refractivity contribution in [3.63, 3.8) is 0 Å². The number of nitrogens with zero attached hydrogens (tertiary/aromatic N) is 3. The second kappa shape index (κ2) is 7.05. The lowest BCUT2D eigenvalue weighted by Gasteiger charge is -2.10. The van der Waals surface area contributed by atoms with Crippen molar-refractivity contribution in [2.24, 2.45) is 0 Å². The molecule has 0 unspecified atom stereocenters. The highest BCUT2D eigenvalue weighted by atomic mass is 16.5. The summed E-state index contributed by atoms with van der Waals surface area (Å²) < 4.78 is 7.63. The zero-order chi connectivity index (χ0) is 14.4. The second-order valence-electron chi connectivity index (χ2n) is 4.96. The first-order valence-corrected chi connectivity index (χ1v) is 7.01. The standard InChI is InChI=1S/C15H22N4O/c1-4-19-15(17-11-18-19)10-20-14-7-5-6-13(8-14)9-16-12(2)3/h5-8,11-12,16H,4,9-10H2,1-3H3. The van der Waals surface area contributed by atoms with E-state index in [9.17, 15) is 0 Å². The van der Waals surface area contributed by atoms with Gasteiger partial charge in [0.2, 0.25) is 0 Å². The molecule has 2 aromatic rings. The molecule has 20 heavy (non-hydrogen) atoms. The lowest BCUT2D eigenvalue weighted by atomic mass is 10.2. The molecule has 1 N–H and O–H groups in total. The SMILES string of the molecule is CCn1ncnc1COc1cccc(CNC(C)C)c1. The van der Waals surface area contributed by atoms with Crippen LogP contribution in [0, 0.1) is 0 Å². The number of hydrogen-bond acceptors (Lipinski definition) is 4. The Morgan fingerprint density at radius 3 is 2.95 bits per heavy atom. The van der Waals surface area contributed by atoms with Crippen LogP contribution >= 0.6 is 0 Å². The lowest BCUT2D eigenvalue weighted by Crippen LogP contribution is -2.21. The molecule has 0 bridgehead atoms. The van der Waals surface area contributed by atoms with Crippen LogP contribution in [0.5, 0.6) is 5.75 Å². The molecular weight excluding hydrogens is 252 g/mol. The molecule has 0 amide bonds. The minimum atomic E-state index is 0.439. The van der Waals surface area contributed by atoms with Crippen LogP contribution < -0.4 is 10.1 Å². The second-order valence-corrected chi connectivity index (χ2v) is 4.96. The molecule has 0 fully saturated rings. The van der Waals surface area contributed by atoms with E-state index < -0.39 is 0 Å². The van der Waals surface area contributed by atoms with E-state index >= 15 is 0 Å². The molecule has 0 radical (unpaired) electrons. The Hall–Kier alpha value is -1.88. The third kappa shape index (κ3) is 4.06. The maximum Gasteiger partial charge on any atom is 0.164 e. The van der Waals surface area contributed by atoms with Gasteiger partial charge in [0.15, 0.2) is 5.82 Å². The summed E-state index contributed by atoms with van der Waals surface area (Å²) in [7, 11) is 0. The van der Waals surface area contributed by atoms with Gasteiger partial charge in [-0.2, -0.15) is 5.10 Å². The average molecular weight is 274 g/mol. The van der Waals surface area contributed by atoms with Crippen LogP contribution in [-0.4, -0.2) is 20.8 Å². The molecule has 0 aliphatic rings. The van der Waals surface area contributed by atoms with Crippen molar-refractivity contribution in [1.82, 2.24) is 20.1 Å². The fraction of sp³-hybridized carbons (Fsp3) is 0.467. The van der Waals surface area contributed by atoms with Gasteiger partial charge in [-0.15, -0.1) is 0 Å². The van der Waals surface area contributed by atoms with Crippen LogP contribution in [0.3, 0.4) is 0 Å². The first-order chi connectivity index (χ1) is 9.69. The number of aromatic nitrogens is 3. The van der Waals surface area contributed by atoms with E-state index in [1.165, 1.54) is 5.56 Å². The summed E-state index contributed by atoms with van der Waals surface area (Å²) >= 11 is 0. The Balaban J connectivity index is 1.94. The Bertz CT molecular complexity index is 536. The Morgan fingerprint density at radius 2 is 2.20 bits per heavy atom. The van der Waals surface area contributed by atoms with E-state index in [1.54, 1.807) is 6.33 Å². The van der Waals surface area contributed by atoms with Crippen LogP contribution in [0.2, 0.25) is 0 Å². The predicted molar refractivity (Wildman–Crippen MR) is 78.4 cm³/mol. The van der Waals surface area contributed by atoms with E-state index in [2.05, 4.69) is 41.4 Å². The van der Waals surface area contributed by atoms with Crippen LogP contribution in [0.4, 0.5) is 0 Å². The van der Waals surface area contributed by atoms with Gasteiger partial charge in [-0.25, -0.2) is 9.67 Å². The number of aryl methyl sites for hydroxylation is 1. The van der Waals surface area contributed by atoms with Gasteiger partial charge in [0.25, 0.3) is 0 Å². The van der Waals surface area contributed by atoms with E-state index in [1.807, 2.05) is 23.7 Å². The van der Waals surface area contributed by atoms with E-state index in [4.69, 9.17) is 4.74 Å². The topological polar surface area (TPSA) is 52.0 Å². The molecule has 0 atom stereocenters. The Labute approximate surface area is 120 Å². The van der Waals surface area contributed by atoms with Gasteiger partial charge in [0.05, 0.1) is 0 Å². The number of benzene rings is 1. The summed E-state index contributed by atoms with van der Waals surface area (Å²) in [4.78, 5) is 4.20. The molecule has 0 aliphatic heterocycles. The molecule has 5 heteroatoms. The first kappa shape index (κ1) is 14.5. The number of ether oxygens (including phenoxy) is 1. The van der Waals surface area contributed by atoms with Gasteiger partial charge in [-0.3, -0.25) is 0 Å². The molecule has 2 rings (SSSR count). The van der Waals surface area contributed by atoms with Crippen molar-refractivity contribution >= 4 is 0 Å². The molecule has 0 spiro atoms. The average Bonchev–Trinajstić information content (AvgIpc) is 2.91. The third-order valence-corrected chi connectivity index (χ3v) is 2.98. The summed E-state index contributed by atoms with van der Waals surface area (Å²) in [6.45, 7) is 8.40. The molecule has 5 nitrogen and oxygen atoms in total. The van der Waals surface area contributed by atoms with Gasteiger partial charge >= 0.3 is 0 Å². The number of hydrogen-bond donors (Lipinski definition) is 1. The summed E-state index contributed by atoms with van der Waals surface area (Å²) in [5, 5.41) is 7.52. The van der Waals surface area contributed by atoms with Crippen LogP contribution in [0.15, 0.2) is 30.6 Å². The van der Waals surface area contributed by atoms with Crippen LogP contribution in [-0.2, 0) is 19.7 Å². The third-order valence-electron chi connectivity index (χ3n) is 2.98. The van der Waals surface area contributed by atoms with E-state index in [0.29, 0.717) is 12.6 Å². The highest BCUT2D eigenvalue weighted by Crippen LogP contribution is 2.14. The first-order valence-electron chi connectivity index (χ1n) is 7.01.